The molecule has 2 heterocycles. The van der Waals surface area contributed by atoms with Crippen molar-refractivity contribution in [2.45, 2.75) is 37.6 Å². The van der Waals surface area contributed by atoms with E-state index in [1.807, 2.05) is 13.8 Å². The van der Waals surface area contributed by atoms with Crippen LogP contribution in [0.4, 0.5) is 0 Å². The van der Waals surface area contributed by atoms with Crippen molar-refractivity contribution in [2.24, 2.45) is 0 Å². The number of sulfonamides is 1. The Kier molecular flexibility index (Phi) is 5.17. The Hall–Kier alpha value is -1.78. The molecule has 1 amide bonds. The number of thiophene rings is 1. The minimum atomic E-state index is -3.79. The van der Waals surface area contributed by atoms with Crippen LogP contribution in [0.25, 0.3) is 0 Å². The van der Waals surface area contributed by atoms with Crippen LogP contribution in [0.1, 0.15) is 54.1 Å². The van der Waals surface area contributed by atoms with Gasteiger partial charge in [0.25, 0.3) is 5.91 Å². The van der Waals surface area contributed by atoms with Crippen molar-refractivity contribution < 1.29 is 17.7 Å². The molecular formula is C13H18N4O4S2. The van der Waals surface area contributed by atoms with Crippen LogP contribution < -0.4 is 10.0 Å². The number of amides is 1. The van der Waals surface area contributed by atoms with Crippen LogP contribution in [0.3, 0.4) is 0 Å². The Morgan fingerprint density at radius 2 is 2.04 bits per heavy atom. The molecule has 0 fully saturated rings. The molecule has 126 valence electrons. The number of nitrogens with zero attached hydrogens (tertiary/aromatic N) is 2. The molecule has 0 saturated carbocycles. The van der Waals surface area contributed by atoms with Gasteiger partial charge in [0.1, 0.15) is 0 Å². The maximum Gasteiger partial charge on any atom is 0.261 e. The number of aromatic nitrogens is 2. The Balaban J connectivity index is 2.16. The van der Waals surface area contributed by atoms with Gasteiger partial charge in [0.2, 0.25) is 15.9 Å². The Morgan fingerprint density at radius 1 is 1.35 bits per heavy atom. The van der Waals surface area contributed by atoms with E-state index in [1.54, 1.807) is 6.92 Å². The van der Waals surface area contributed by atoms with Crippen molar-refractivity contribution in [2.75, 3.05) is 7.05 Å². The molecular weight excluding hydrogens is 340 g/mol. The first-order valence-electron chi connectivity index (χ1n) is 6.91. The number of hydrogen-bond acceptors (Lipinski definition) is 7. The zero-order valence-electron chi connectivity index (χ0n) is 13.2. The second kappa shape index (κ2) is 6.77. The minimum Gasteiger partial charge on any atom is -0.354 e. The molecule has 0 radical (unpaired) electrons. The van der Waals surface area contributed by atoms with E-state index >= 15 is 0 Å². The highest BCUT2D eigenvalue weighted by molar-refractivity contribution is 7.89. The van der Waals surface area contributed by atoms with Crippen LogP contribution in [-0.4, -0.2) is 31.5 Å². The lowest BCUT2D eigenvalue weighted by molar-refractivity contribution is 0.0967. The zero-order valence-corrected chi connectivity index (χ0v) is 14.8. The van der Waals surface area contributed by atoms with E-state index in [1.165, 1.54) is 18.5 Å². The summed E-state index contributed by atoms with van der Waals surface area (Å²) in [4.78, 5) is 16.0. The topological polar surface area (TPSA) is 114 Å². The van der Waals surface area contributed by atoms with Crippen molar-refractivity contribution in [3.05, 3.63) is 28.0 Å². The predicted octanol–water partition coefficient (Wildman–Crippen LogP) is 1.65. The van der Waals surface area contributed by atoms with Gasteiger partial charge in [-0.1, -0.05) is 19.0 Å². The van der Waals surface area contributed by atoms with Crippen molar-refractivity contribution in [1.29, 1.82) is 0 Å². The Labute approximate surface area is 138 Å². The summed E-state index contributed by atoms with van der Waals surface area (Å²) < 4.78 is 32.3. The van der Waals surface area contributed by atoms with Crippen molar-refractivity contribution in [1.82, 2.24) is 20.2 Å². The zero-order chi connectivity index (χ0) is 17.2. The molecule has 1 atom stereocenters. The van der Waals surface area contributed by atoms with Gasteiger partial charge in [-0.2, -0.15) is 9.71 Å². The minimum absolute atomic E-state index is 0.0246. The van der Waals surface area contributed by atoms with Gasteiger partial charge in [-0.3, -0.25) is 4.79 Å². The highest BCUT2D eigenvalue weighted by Gasteiger charge is 2.24. The van der Waals surface area contributed by atoms with E-state index in [-0.39, 0.29) is 22.6 Å². The number of rotatable bonds is 6. The smallest absolute Gasteiger partial charge is 0.261 e. The summed E-state index contributed by atoms with van der Waals surface area (Å²) in [7, 11) is -2.30. The molecule has 0 aliphatic heterocycles. The fourth-order valence-corrected chi connectivity index (χ4v) is 4.13. The maximum absolute atomic E-state index is 12.4. The third-order valence-corrected chi connectivity index (χ3v) is 5.61. The summed E-state index contributed by atoms with van der Waals surface area (Å²) in [5, 5.41) is 7.66. The average Bonchev–Trinajstić information content (AvgIpc) is 3.15. The largest absolute Gasteiger partial charge is 0.354 e. The molecule has 0 aliphatic carbocycles. The van der Waals surface area contributed by atoms with Crippen LogP contribution in [0, 0.1) is 0 Å². The monoisotopic (exact) mass is 358 g/mol. The first kappa shape index (κ1) is 17.6. The highest BCUT2D eigenvalue weighted by atomic mass is 32.2. The van der Waals surface area contributed by atoms with Gasteiger partial charge in [-0.15, -0.1) is 11.3 Å². The Morgan fingerprint density at radius 3 is 2.61 bits per heavy atom. The second-order valence-corrected chi connectivity index (χ2v) is 7.84. The first-order chi connectivity index (χ1) is 10.7. The van der Waals surface area contributed by atoms with Gasteiger partial charge in [0, 0.05) is 18.3 Å². The summed E-state index contributed by atoms with van der Waals surface area (Å²) in [6, 6.07) is 0.648. The van der Waals surface area contributed by atoms with E-state index in [9.17, 15) is 13.2 Å². The lowest BCUT2D eigenvalue weighted by Crippen LogP contribution is -2.27. The van der Waals surface area contributed by atoms with Crippen molar-refractivity contribution in [3.8, 4) is 0 Å². The molecule has 8 nitrogen and oxygen atoms in total. The third kappa shape index (κ3) is 3.95. The normalized spacial score (nSPS) is 13.3. The van der Waals surface area contributed by atoms with Crippen LogP contribution >= 0.6 is 11.3 Å². The molecule has 23 heavy (non-hydrogen) atoms. The summed E-state index contributed by atoms with van der Waals surface area (Å²) in [6.45, 7) is 5.44. The fraction of sp³-hybridized carbons (Fsp3) is 0.462. The predicted molar refractivity (Wildman–Crippen MR) is 84.8 cm³/mol. The lowest BCUT2D eigenvalue weighted by Gasteiger charge is -2.09. The summed E-state index contributed by atoms with van der Waals surface area (Å²) in [5.41, 5.74) is 0. The number of hydrogen-bond donors (Lipinski definition) is 2. The van der Waals surface area contributed by atoms with Gasteiger partial charge in [0.15, 0.2) is 5.82 Å². The van der Waals surface area contributed by atoms with Gasteiger partial charge < -0.3 is 9.84 Å². The van der Waals surface area contributed by atoms with E-state index in [0.717, 1.165) is 11.3 Å². The van der Waals surface area contributed by atoms with Crippen LogP contribution in [0.2, 0.25) is 0 Å². The standard InChI is InChI=1S/C13H18N4O4S2/c1-7(2)11-15-13(21-16-11)8(3)17-23(19,20)9-5-10(22-6-9)12(18)14-4/h5-8,17H,1-4H3,(H,14,18)/t8-/m0/s1. The number of carbonyl (C=O) groups excluding carboxylic acids is 1. The quantitative estimate of drug-likeness (QED) is 0.811. The maximum atomic E-state index is 12.4. The third-order valence-electron chi connectivity index (χ3n) is 3.01. The Bertz CT molecular complexity index is 795. The first-order valence-corrected chi connectivity index (χ1v) is 9.27. The molecule has 2 aromatic rings. The van der Waals surface area contributed by atoms with Crippen LogP contribution in [-0.2, 0) is 10.0 Å². The fourth-order valence-electron chi connectivity index (χ4n) is 1.71. The van der Waals surface area contributed by atoms with Crippen molar-refractivity contribution in [3.63, 3.8) is 0 Å². The molecule has 2 N–H and O–H groups in total. The van der Waals surface area contributed by atoms with Crippen molar-refractivity contribution >= 4 is 27.3 Å². The molecule has 10 heteroatoms. The molecule has 0 saturated heterocycles. The van der Waals surface area contributed by atoms with Gasteiger partial charge in [-0.25, -0.2) is 8.42 Å². The molecule has 0 aromatic carbocycles. The van der Waals surface area contributed by atoms with Crippen LogP contribution in [0.15, 0.2) is 20.9 Å². The molecule has 2 aromatic heterocycles. The van der Waals surface area contributed by atoms with E-state index < -0.39 is 16.1 Å². The summed E-state index contributed by atoms with van der Waals surface area (Å²) in [5.74, 6) is 0.466. The highest BCUT2D eigenvalue weighted by Crippen LogP contribution is 2.22. The van der Waals surface area contributed by atoms with Gasteiger partial charge in [-0.05, 0) is 13.0 Å². The van der Waals surface area contributed by atoms with E-state index in [4.69, 9.17) is 4.52 Å². The van der Waals surface area contributed by atoms with Gasteiger partial charge in [0.05, 0.1) is 15.8 Å². The summed E-state index contributed by atoms with van der Waals surface area (Å²) in [6.07, 6.45) is 0. The molecule has 0 aliphatic rings. The van der Waals surface area contributed by atoms with Crippen LogP contribution in [0.5, 0.6) is 0 Å². The summed E-state index contributed by atoms with van der Waals surface area (Å²) >= 11 is 1.06. The average molecular weight is 358 g/mol. The molecule has 0 bridgehead atoms. The molecule has 0 spiro atoms. The molecule has 2 rings (SSSR count). The van der Waals surface area contributed by atoms with Gasteiger partial charge >= 0.3 is 0 Å². The number of carbonyl (C=O) groups is 1. The van der Waals surface area contributed by atoms with E-state index in [0.29, 0.717) is 10.7 Å². The number of nitrogens with one attached hydrogen (secondary N) is 2. The second-order valence-electron chi connectivity index (χ2n) is 5.21. The molecule has 0 unspecified atom stereocenters. The SMILES string of the molecule is CNC(=O)c1cc(S(=O)(=O)N[C@@H](C)c2nc(C(C)C)no2)cs1. The lowest BCUT2D eigenvalue weighted by atomic mass is 10.2. The van der Waals surface area contributed by atoms with E-state index in [2.05, 4.69) is 20.2 Å².